The second-order valence-corrected chi connectivity index (χ2v) is 7.56. The minimum Gasteiger partial charge on any atom is -0.311 e. The molecule has 0 radical (unpaired) electrons. The second-order valence-electron chi connectivity index (χ2n) is 6.65. The summed E-state index contributed by atoms with van der Waals surface area (Å²) in [6.07, 6.45) is 0.118. The molecule has 1 aliphatic heterocycles. The monoisotopic (exact) mass is 429 g/mol. The first-order valence-corrected chi connectivity index (χ1v) is 9.38. The molecular weight excluding hydrogens is 410 g/mol. The van der Waals surface area contributed by atoms with Crippen molar-refractivity contribution >= 4 is 39.3 Å². The molecule has 0 unspecified atom stereocenters. The first kappa shape index (κ1) is 19.1. The van der Waals surface area contributed by atoms with Crippen LogP contribution in [0.5, 0.6) is 0 Å². The lowest BCUT2D eigenvalue weighted by atomic mass is 10.1. The molecule has 6 nitrogen and oxygen atoms in total. The highest BCUT2D eigenvalue weighted by molar-refractivity contribution is 9.10. The van der Waals surface area contributed by atoms with Gasteiger partial charge in [-0.05, 0) is 49.7 Å². The molecule has 27 heavy (non-hydrogen) atoms. The molecular formula is C20H20BrN3O3. The molecule has 1 fully saturated rings. The van der Waals surface area contributed by atoms with E-state index in [4.69, 9.17) is 0 Å². The molecule has 2 aromatic carbocycles. The van der Waals surface area contributed by atoms with Crippen molar-refractivity contribution in [1.82, 2.24) is 10.9 Å². The van der Waals surface area contributed by atoms with Crippen LogP contribution in [0.2, 0.25) is 0 Å². The van der Waals surface area contributed by atoms with E-state index in [0.29, 0.717) is 12.1 Å². The van der Waals surface area contributed by atoms with Crippen LogP contribution < -0.4 is 15.8 Å². The number of hydrazine groups is 1. The van der Waals surface area contributed by atoms with Crippen molar-refractivity contribution in [2.75, 3.05) is 11.4 Å². The van der Waals surface area contributed by atoms with E-state index in [0.717, 1.165) is 21.3 Å². The summed E-state index contributed by atoms with van der Waals surface area (Å²) < 4.78 is 0.860. The number of carbonyl (C=O) groups excluding carboxylic acids is 3. The van der Waals surface area contributed by atoms with Crippen molar-refractivity contribution in [2.45, 2.75) is 20.3 Å². The Hall–Kier alpha value is -2.67. The number of anilines is 1. The highest BCUT2D eigenvalue weighted by Gasteiger charge is 2.35. The van der Waals surface area contributed by atoms with E-state index >= 15 is 0 Å². The maximum Gasteiger partial charge on any atom is 0.269 e. The van der Waals surface area contributed by atoms with Gasteiger partial charge in [0.15, 0.2) is 0 Å². The van der Waals surface area contributed by atoms with E-state index < -0.39 is 11.8 Å². The van der Waals surface area contributed by atoms with Crippen LogP contribution in [0, 0.1) is 19.8 Å². The van der Waals surface area contributed by atoms with E-state index in [2.05, 4.69) is 26.8 Å². The smallest absolute Gasteiger partial charge is 0.269 e. The fourth-order valence-corrected chi connectivity index (χ4v) is 3.38. The van der Waals surface area contributed by atoms with Crippen molar-refractivity contribution in [3.05, 3.63) is 63.6 Å². The molecule has 140 valence electrons. The number of amides is 3. The van der Waals surface area contributed by atoms with Crippen molar-refractivity contribution in [3.63, 3.8) is 0 Å². The Morgan fingerprint density at radius 2 is 1.78 bits per heavy atom. The number of halogens is 1. The van der Waals surface area contributed by atoms with Gasteiger partial charge in [0, 0.05) is 28.7 Å². The number of nitrogens with zero attached hydrogens (tertiary/aromatic N) is 1. The number of nitrogens with one attached hydrogen (secondary N) is 2. The van der Waals surface area contributed by atoms with Crippen LogP contribution in [0.25, 0.3) is 0 Å². The molecule has 2 aromatic rings. The average molecular weight is 430 g/mol. The lowest BCUT2D eigenvalue weighted by Crippen LogP contribution is -2.45. The molecule has 7 heteroatoms. The van der Waals surface area contributed by atoms with Crippen LogP contribution >= 0.6 is 15.9 Å². The SMILES string of the molecule is Cc1ccc(N2C[C@H](C(=O)NNC(=O)c3ccc(Br)cc3)CC2=O)c(C)c1. The average Bonchev–Trinajstić information content (AvgIpc) is 3.01. The summed E-state index contributed by atoms with van der Waals surface area (Å²) in [5.74, 6) is -1.39. The first-order chi connectivity index (χ1) is 12.8. The molecule has 1 atom stereocenters. The van der Waals surface area contributed by atoms with Gasteiger partial charge in [0.25, 0.3) is 5.91 Å². The number of hydrogen-bond acceptors (Lipinski definition) is 3. The number of benzene rings is 2. The van der Waals surface area contributed by atoms with Crippen LogP contribution in [0.15, 0.2) is 46.9 Å². The second kappa shape index (κ2) is 7.92. The molecule has 1 saturated heterocycles. The Morgan fingerprint density at radius 3 is 2.44 bits per heavy atom. The van der Waals surface area contributed by atoms with Gasteiger partial charge in [0.1, 0.15) is 0 Å². The first-order valence-electron chi connectivity index (χ1n) is 8.58. The van der Waals surface area contributed by atoms with Gasteiger partial charge in [-0.2, -0.15) is 0 Å². The van der Waals surface area contributed by atoms with Crippen LogP contribution in [0.1, 0.15) is 27.9 Å². The number of aryl methyl sites for hydroxylation is 2. The van der Waals surface area contributed by atoms with Crippen molar-refractivity contribution < 1.29 is 14.4 Å². The predicted molar refractivity (Wildman–Crippen MR) is 106 cm³/mol. The molecule has 2 N–H and O–H groups in total. The third-order valence-electron chi connectivity index (χ3n) is 4.54. The number of hydrogen-bond donors (Lipinski definition) is 2. The lowest BCUT2D eigenvalue weighted by molar-refractivity contribution is -0.126. The highest BCUT2D eigenvalue weighted by Crippen LogP contribution is 2.28. The summed E-state index contributed by atoms with van der Waals surface area (Å²) in [7, 11) is 0. The summed E-state index contributed by atoms with van der Waals surface area (Å²) >= 11 is 3.30. The fraction of sp³-hybridized carbons (Fsp3) is 0.250. The van der Waals surface area contributed by atoms with Crippen molar-refractivity contribution in [2.24, 2.45) is 5.92 Å². The minimum absolute atomic E-state index is 0.0960. The van der Waals surface area contributed by atoms with Crippen LogP contribution in [-0.2, 0) is 9.59 Å². The molecule has 3 amide bonds. The zero-order valence-corrected chi connectivity index (χ0v) is 16.7. The fourth-order valence-electron chi connectivity index (χ4n) is 3.12. The summed E-state index contributed by atoms with van der Waals surface area (Å²) in [4.78, 5) is 38.5. The summed E-state index contributed by atoms with van der Waals surface area (Å²) in [5.41, 5.74) is 8.18. The molecule has 0 spiro atoms. The lowest BCUT2D eigenvalue weighted by Gasteiger charge is -2.19. The summed E-state index contributed by atoms with van der Waals surface area (Å²) in [6.45, 7) is 4.23. The van der Waals surface area contributed by atoms with Crippen LogP contribution in [0.3, 0.4) is 0 Å². The Morgan fingerprint density at radius 1 is 1.07 bits per heavy atom. The molecule has 0 aromatic heterocycles. The van der Waals surface area contributed by atoms with Gasteiger partial charge in [-0.3, -0.25) is 25.2 Å². The topological polar surface area (TPSA) is 78.5 Å². The predicted octanol–water partition coefficient (Wildman–Crippen LogP) is 2.88. The molecule has 0 saturated carbocycles. The summed E-state index contributed by atoms with van der Waals surface area (Å²) in [6, 6.07) is 12.6. The Labute approximate surface area is 166 Å². The number of rotatable bonds is 3. The third kappa shape index (κ3) is 4.36. The van der Waals surface area contributed by atoms with Crippen LogP contribution in [0.4, 0.5) is 5.69 Å². The van der Waals surface area contributed by atoms with Gasteiger partial charge in [0.05, 0.1) is 5.92 Å². The number of carbonyl (C=O) groups is 3. The van der Waals surface area contributed by atoms with Crippen molar-refractivity contribution in [3.8, 4) is 0 Å². The van der Waals surface area contributed by atoms with Gasteiger partial charge in [0.2, 0.25) is 11.8 Å². The molecule has 1 aliphatic rings. The Kier molecular flexibility index (Phi) is 5.60. The Bertz CT molecular complexity index is 896. The summed E-state index contributed by atoms with van der Waals surface area (Å²) in [5, 5.41) is 0. The van der Waals surface area contributed by atoms with Crippen molar-refractivity contribution in [1.29, 1.82) is 0 Å². The van der Waals surface area contributed by atoms with E-state index in [1.165, 1.54) is 0 Å². The van der Waals surface area contributed by atoms with Gasteiger partial charge < -0.3 is 4.90 Å². The van der Waals surface area contributed by atoms with E-state index in [1.807, 2.05) is 32.0 Å². The molecule has 0 bridgehead atoms. The maximum atomic E-state index is 12.4. The van der Waals surface area contributed by atoms with Gasteiger partial charge in [-0.25, -0.2) is 0 Å². The van der Waals surface area contributed by atoms with Gasteiger partial charge >= 0.3 is 0 Å². The minimum atomic E-state index is -0.511. The molecule has 0 aliphatic carbocycles. The van der Waals surface area contributed by atoms with E-state index in [-0.39, 0.29) is 18.2 Å². The maximum absolute atomic E-state index is 12.4. The van der Waals surface area contributed by atoms with Gasteiger partial charge in [-0.15, -0.1) is 0 Å². The molecule has 3 rings (SSSR count). The Balaban J connectivity index is 1.60. The quantitative estimate of drug-likeness (QED) is 0.736. The zero-order valence-electron chi connectivity index (χ0n) is 15.1. The molecule has 1 heterocycles. The normalized spacial score (nSPS) is 16.3. The standard InChI is InChI=1S/C20H20BrN3O3/c1-12-3-8-17(13(2)9-12)24-11-15(10-18(24)25)20(27)23-22-19(26)14-4-6-16(21)7-5-14/h3-9,15H,10-11H2,1-2H3,(H,22,26)(H,23,27)/t15-/m1/s1. The third-order valence-corrected chi connectivity index (χ3v) is 5.07. The van der Waals surface area contributed by atoms with E-state index in [9.17, 15) is 14.4 Å². The van der Waals surface area contributed by atoms with E-state index in [1.54, 1.807) is 29.2 Å². The largest absolute Gasteiger partial charge is 0.311 e. The van der Waals surface area contributed by atoms with Gasteiger partial charge in [-0.1, -0.05) is 33.6 Å². The van der Waals surface area contributed by atoms with Crippen LogP contribution in [-0.4, -0.2) is 24.3 Å². The zero-order chi connectivity index (χ0) is 19.6. The highest BCUT2D eigenvalue weighted by atomic mass is 79.9.